The van der Waals surface area contributed by atoms with Crippen LogP contribution in [0.25, 0.3) is 0 Å². The maximum Gasteiger partial charge on any atom is 0.239 e. The number of hydrogen-bond acceptors (Lipinski definition) is 4. The highest BCUT2D eigenvalue weighted by atomic mass is 35.5. The van der Waals surface area contributed by atoms with Crippen molar-refractivity contribution in [2.75, 3.05) is 18.6 Å². The van der Waals surface area contributed by atoms with Crippen molar-refractivity contribution in [3.63, 3.8) is 0 Å². The van der Waals surface area contributed by atoms with Crippen LogP contribution >= 0.6 is 24.0 Å². The Morgan fingerprint density at radius 2 is 1.96 bits per heavy atom. The number of carbonyl (C=O) groups is 1. The summed E-state index contributed by atoms with van der Waals surface area (Å²) >= 11 is 6.16. The first-order valence-corrected chi connectivity index (χ1v) is 10.1. The summed E-state index contributed by atoms with van der Waals surface area (Å²) in [4.78, 5) is 14.2. The summed E-state index contributed by atoms with van der Waals surface area (Å²) in [5.41, 5.74) is 6.76. The minimum Gasteiger partial charge on any atom is -0.337 e. The van der Waals surface area contributed by atoms with Gasteiger partial charge in [0.25, 0.3) is 0 Å². The lowest BCUT2D eigenvalue weighted by molar-refractivity contribution is -0.133. The standard InChI is InChI=1S/C16H25ClN2O3S.ClH/c1-3-4-10-19(12-13-7-5-6-8-14(13)17)16(20)15(18)9-11-23(2,21)22;/h5-8,15H,3-4,9-12,18H2,1-2H3;1H. The third-order valence-electron chi connectivity index (χ3n) is 3.53. The van der Waals surface area contributed by atoms with Crippen molar-refractivity contribution in [1.82, 2.24) is 4.90 Å². The minimum atomic E-state index is -3.13. The maximum atomic E-state index is 12.5. The molecule has 1 unspecified atom stereocenters. The number of rotatable bonds is 9. The average Bonchev–Trinajstić information content (AvgIpc) is 2.49. The normalized spacial score (nSPS) is 12.3. The summed E-state index contributed by atoms with van der Waals surface area (Å²) < 4.78 is 22.5. The predicted octanol–water partition coefficient (Wildman–Crippen LogP) is 2.65. The van der Waals surface area contributed by atoms with E-state index in [1.807, 2.05) is 25.1 Å². The van der Waals surface area contributed by atoms with Crippen LogP contribution in [-0.2, 0) is 21.2 Å². The molecule has 2 N–H and O–H groups in total. The van der Waals surface area contributed by atoms with E-state index in [2.05, 4.69) is 0 Å². The molecule has 0 aliphatic rings. The molecule has 1 atom stereocenters. The lowest BCUT2D eigenvalue weighted by atomic mass is 10.1. The number of nitrogens with two attached hydrogens (primary N) is 1. The quantitative estimate of drug-likeness (QED) is 0.695. The van der Waals surface area contributed by atoms with Crippen LogP contribution in [0.15, 0.2) is 24.3 Å². The number of benzene rings is 1. The molecule has 0 saturated heterocycles. The van der Waals surface area contributed by atoms with Gasteiger partial charge in [0.15, 0.2) is 0 Å². The zero-order valence-corrected chi connectivity index (χ0v) is 16.5. The molecule has 0 aliphatic heterocycles. The first-order valence-electron chi connectivity index (χ1n) is 7.70. The first kappa shape index (κ1) is 23.2. The van der Waals surface area contributed by atoms with Crippen LogP contribution in [0.4, 0.5) is 0 Å². The van der Waals surface area contributed by atoms with E-state index in [-0.39, 0.29) is 30.5 Å². The van der Waals surface area contributed by atoms with Gasteiger partial charge in [-0.3, -0.25) is 4.79 Å². The molecule has 1 amide bonds. The molecular weight excluding hydrogens is 371 g/mol. The van der Waals surface area contributed by atoms with E-state index in [4.69, 9.17) is 17.3 Å². The monoisotopic (exact) mass is 396 g/mol. The van der Waals surface area contributed by atoms with E-state index in [0.29, 0.717) is 18.1 Å². The van der Waals surface area contributed by atoms with Crippen LogP contribution < -0.4 is 5.73 Å². The van der Waals surface area contributed by atoms with E-state index in [1.54, 1.807) is 11.0 Å². The molecule has 0 aromatic heterocycles. The number of nitrogens with zero attached hydrogens (tertiary/aromatic N) is 1. The van der Waals surface area contributed by atoms with Crippen LogP contribution in [0, 0.1) is 0 Å². The van der Waals surface area contributed by atoms with Gasteiger partial charge in [-0.15, -0.1) is 12.4 Å². The van der Waals surface area contributed by atoms with Crippen molar-refractivity contribution in [3.05, 3.63) is 34.9 Å². The molecular formula is C16H26Cl2N2O3S. The van der Waals surface area contributed by atoms with Gasteiger partial charge >= 0.3 is 0 Å². The van der Waals surface area contributed by atoms with Crippen molar-refractivity contribution in [3.8, 4) is 0 Å². The van der Waals surface area contributed by atoms with Gasteiger partial charge in [-0.25, -0.2) is 8.42 Å². The van der Waals surface area contributed by atoms with Gasteiger partial charge in [-0.2, -0.15) is 0 Å². The van der Waals surface area contributed by atoms with Crippen LogP contribution in [0.2, 0.25) is 5.02 Å². The third kappa shape index (κ3) is 8.33. The van der Waals surface area contributed by atoms with Gasteiger partial charge in [-0.1, -0.05) is 43.1 Å². The number of carbonyl (C=O) groups excluding carboxylic acids is 1. The zero-order valence-electron chi connectivity index (χ0n) is 14.1. The topological polar surface area (TPSA) is 80.5 Å². The molecule has 5 nitrogen and oxygen atoms in total. The molecule has 0 saturated carbocycles. The smallest absolute Gasteiger partial charge is 0.239 e. The molecule has 0 fully saturated rings. The molecule has 1 rings (SSSR count). The third-order valence-corrected chi connectivity index (χ3v) is 4.88. The van der Waals surface area contributed by atoms with Gasteiger partial charge in [0.05, 0.1) is 11.8 Å². The molecule has 0 bridgehead atoms. The highest BCUT2D eigenvalue weighted by Gasteiger charge is 2.22. The van der Waals surface area contributed by atoms with Gasteiger partial charge in [0.2, 0.25) is 5.91 Å². The van der Waals surface area contributed by atoms with Crippen molar-refractivity contribution >= 4 is 39.8 Å². The Labute approximate surface area is 155 Å². The Morgan fingerprint density at radius 3 is 2.50 bits per heavy atom. The highest BCUT2D eigenvalue weighted by Crippen LogP contribution is 2.18. The summed E-state index contributed by atoms with van der Waals surface area (Å²) in [6, 6.07) is 6.54. The molecule has 0 heterocycles. The minimum absolute atomic E-state index is 0. The summed E-state index contributed by atoms with van der Waals surface area (Å²) in [7, 11) is -3.13. The number of halogens is 2. The fourth-order valence-electron chi connectivity index (χ4n) is 2.15. The SMILES string of the molecule is CCCCN(Cc1ccccc1Cl)C(=O)C(N)CCS(C)(=O)=O.Cl. The fraction of sp³-hybridized carbons (Fsp3) is 0.562. The summed E-state index contributed by atoms with van der Waals surface area (Å²) in [6.07, 6.45) is 3.07. The Kier molecular flexibility index (Phi) is 10.6. The van der Waals surface area contributed by atoms with Crippen LogP contribution in [0.5, 0.6) is 0 Å². The van der Waals surface area contributed by atoms with Crippen molar-refractivity contribution < 1.29 is 13.2 Å². The molecule has 138 valence electrons. The second-order valence-corrected chi connectivity index (χ2v) is 8.40. The van der Waals surface area contributed by atoms with E-state index in [9.17, 15) is 13.2 Å². The molecule has 0 spiro atoms. The van der Waals surface area contributed by atoms with Crippen molar-refractivity contribution in [1.29, 1.82) is 0 Å². The van der Waals surface area contributed by atoms with Crippen molar-refractivity contribution in [2.45, 2.75) is 38.8 Å². The van der Waals surface area contributed by atoms with Crippen LogP contribution in [0.1, 0.15) is 31.7 Å². The molecule has 1 aromatic rings. The number of sulfone groups is 1. The second-order valence-electron chi connectivity index (χ2n) is 5.73. The molecule has 0 radical (unpaired) electrons. The molecule has 24 heavy (non-hydrogen) atoms. The zero-order chi connectivity index (χ0) is 17.5. The fourth-order valence-corrected chi connectivity index (χ4v) is 3.02. The van der Waals surface area contributed by atoms with E-state index < -0.39 is 15.9 Å². The van der Waals surface area contributed by atoms with Crippen LogP contribution in [0.3, 0.4) is 0 Å². The van der Waals surface area contributed by atoms with Gasteiger partial charge in [-0.05, 0) is 24.5 Å². The maximum absolute atomic E-state index is 12.5. The van der Waals surface area contributed by atoms with Gasteiger partial charge < -0.3 is 10.6 Å². The lowest BCUT2D eigenvalue weighted by Crippen LogP contribution is -2.44. The molecule has 8 heteroatoms. The van der Waals surface area contributed by atoms with E-state index >= 15 is 0 Å². The Balaban J connectivity index is 0.00000529. The average molecular weight is 397 g/mol. The second kappa shape index (κ2) is 10.9. The summed E-state index contributed by atoms with van der Waals surface area (Å²) in [5.74, 6) is -0.324. The number of hydrogen-bond donors (Lipinski definition) is 1. The Morgan fingerprint density at radius 1 is 1.33 bits per heavy atom. The highest BCUT2D eigenvalue weighted by molar-refractivity contribution is 7.90. The summed E-state index contributed by atoms with van der Waals surface area (Å²) in [5, 5.41) is 0.603. The number of amides is 1. The Bertz CT molecular complexity index is 624. The number of unbranched alkanes of at least 4 members (excludes halogenated alkanes) is 1. The van der Waals surface area contributed by atoms with E-state index in [0.717, 1.165) is 24.7 Å². The van der Waals surface area contributed by atoms with Crippen LogP contribution in [-0.4, -0.2) is 43.8 Å². The predicted molar refractivity (Wildman–Crippen MR) is 101 cm³/mol. The summed E-state index contributed by atoms with van der Waals surface area (Å²) in [6.45, 7) is 3.00. The van der Waals surface area contributed by atoms with Gasteiger partial charge in [0, 0.05) is 24.4 Å². The Hall–Kier alpha value is -0.820. The first-order chi connectivity index (χ1) is 10.7. The lowest BCUT2D eigenvalue weighted by Gasteiger charge is -2.26. The van der Waals surface area contributed by atoms with E-state index in [1.165, 1.54) is 0 Å². The molecule has 0 aliphatic carbocycles. The van der Waals surface area contributed by atoms with Gasteiger partial charge in [0.1, 0.15) is 9.84 Å². The largest absolute Gasteiger partial charge is 0.337 e. The molecule has 1 aromatic carbocycles. The van der Waals surface area contributed by atoms with Crippen molar-refractivity contribution in [2.24, 2.45) is 5.73 Å².